The van der Waals surface area contributed by atoms with Gasteiger partial charge in [-0.05, 0) is 68.2 Å². The average molecular weight is 796 g/mol. The first-order chi connectivity index (χ1) is 32.8. The van der Waals surface area contributed by atoms with Crippen LogP contribution in [0.1, 0.15) is 6.85 Å². The molecule has 0 aliphatic carbocycles. The lowest BCUT2D eigenvalue weighted by Crippen LogP contribution is -2.01. The maximum Gasteiger partial charge on any atom is 0.167 e. The predicted octanol–water partition coefficient (Wildman–Crippen LogP) is 15.0. The third kappa shape index (κ3) is 5.25. The molecule has 5 heteroatoms. The van der Waals surface area contributed by atoms with Crippen LogP contribution in [0, 0.1) is 0 Å². The van der Waals surface area contributed by atoms with E-state index >= 15 is 0 Å². The molecule has 0 fully saturated rings. The van der Waals surface area contributed by atoms with Crippen molar-refractivity contribution in [2.45, 2.75) is 0 Å². The number of aromatic nitrogens is 4. The van der Waals surface area contributed by atoms with Crippen molar-refractivity contribution in [3.05, 3.63) is 206 Å². The van der Waals surface area contributed by atoms with Gasteiger partial charge in [0.25, 0.3) is 0 Å². The summed E-state index contributed by atoms with van der Waals surface area (Å²) >= 11 is 0. The lowest BCUT2D eigenvalue weighted by Gasteiger charge is -2.14. The summed E-state index contributed by atoms with van der Waals surface area (Å²) in [6, 6.07) is 57.7. The van der Waals surface area contributed by atoms with Crippen LogP contribution in [0.4, 0.5) is 0 Å². The summed E-state index contributed by atoms with van der Waals surface area (Å²) in [6.45, 7) is 0. The van der Waals surface area contributed by atoms with Gasteiger partial charge in [0, 0.05) is 43.9 Å². The first-order valence-corrected chi connectivity index (χ1v) is 20.5. The van der Waals surface area contributed by atoms with Gasteiger partial charge in [-0.15, -0.1) is 0 Å². The Labute approximate surface area is 362 Å². The number of rotatable bonds is 5. The number of hydrogen-bond acceptors (Lipinski definition) is 4. The molecule has 13 rings (SSSR count). The fourth-order valence-corrected chi connectivity index (χ4v) is 9.37. The first-order valence-electron chi connectivity index (χ1n) is 23.0. The molecule has 3 heterocycles. The summed E-state index contributed by atoms with van der Waals surface area (Å²) in [7, 11) is 0. The number of fused-ring (bicyclic) bond motifs is 12. The predicted molar refractivity (Wildman–Crippen MR) is 256 cm³/mol. The van der Waals surface area contributed by atoms with E-state index in [1.165, 1.54) is 0 Å². The summed E-state index contributed by atoms with van der Waals surface area (Å²) < 4.78 is 53.2. The molecule has 288 valence electrons. The topological polar surface area (TPSA) is 56.7 Å². The molecule has 13 aromatic rings. The number of para-hydroxylation sites is 3. The Hall–Kier alpha value is -8.41. The molecule has 3 aromatic heterocycles. The van der Waals surface area contributed by atoms with Gasteiger partial charge in [-0.1, -0.05) is 176 Å². The SMILES string of the molecule is [2H]c1c([2H])c([2H])c(-c2nc(-c3ccc4c5ccccc5c5ccccc5c4c3)nc(-c3cc(-n4c5ccccc5c5ccccc54)cc4c3oc3c(-c5ccccc5)cccc34)n2)c([2H])c1[2H]. The third-order valence-electron chi connectivity index (χ3n) is 12.1. The quantitative estimate of drug-likeness (QED) is 0.163. The number of furan rings is 1. The van der Waals surface area contributed by atoms with Crippen LogP contribution in [0.3, 0.4) is 0 Å². The normalized spacial score (nSPS) is 13.0. The molecule has 10 aromatic carbocycles. The van der Waals surface area contributed by atoms with E-state index in [0.717, 1.165) is 81.7 Å². The third-order valence-corrected chi connectivity index (χ3v) is 12.1. The van der Waals surface area contributed by atoms with Gasteiger partial charge in [0.2, 0.25) is 0 Å². The van der Waals surface area contributed by atoms with Gasteiger partial charge < -0.3 is 8.98 Å². The van der Waals surface area contributed by atoms with Gasteiger partial charge in [0.05, 0.1) is 23.5 Å². The van der Waals surface area contributed by atoms with Gasteiger partial charge in [-0.3, -0.25) is 0 Å². The maximum absolute atomic E-state index is 9.09. The fraction of sp³-hybridized carbons (Fsp3) is 0. The molecule has 0 spiro atoms. The minimum Gasteiger partial charge on any atom is -0.455 e. The zero-order valence-electron chi connectivity index (χ0n) is 37.9. The van der Waals surface area contributed by atoms with Crippen molar-refractivity contribution in [3.8, 4) is 51.0 Å². The van der Waals surface area contributed by atoms with Gasteiger partial charge in [0.15, 0.2) is 17.5 Å². The second-order valence-electron chi connectivity index (χ2n) is 15.5. The van der Waals surface area contributed by atoms with Crippen molar-refractivity contribution in [1.29, 1.82) is 0 Å². The molecule has 0 radical (unpaired) electrons. The summed E-state index contributed by atoms with van der Waals surface area (Å²) in [5.41, 5.74) is 7.08. The van der Waals surface area contributed by atoms with Crippen LogP contribution in [0.5, 0.6) is 0 Å². The molecule has 62 heavy (non-hydrogen) atoms. The van der Waals surface area contributed by atoms with Crippen LogP contribution in [0.15, 0.2) is 211 Å². The number of benzene rings is 10. The van der Waals surface area contributed by atoms with Crippen LogP contribution in [-0.4, -0.2) is 19.5 Å². The molecule has 0 aliphatic heterocycles. The lowest BCUT2D eigenvalue weighted by molar-refractivity contribution is 0.670. The number of nitrogens with zero attached hydrogens (tertiary/aromatic N) is 4. The fourth-order valence-electron chi connectivity index (χ4n) is 9.37. The molecular formula is C57H34N4O. The van der Waals surface area contributed by atoms with Crippen molar-refractivity contribution >= 4 is 76.1 Å². The van der Waals surface area contributed by atoms with Crippen LogP contribution in [-0.2, 0) is 0 Å². The molecule has 0 aliphatic rings. The van der Waals surface area contributed by atoms with E-state index in [-0.39, 0.29) is 23.0 Å². The van der Waals surface area contributed by atoms with Crippen molar-refractivity contribution in [2.75, 3.05) is 0 Å². The molecule has 0 saturated heterocycles. The van der Waals surface area contributed by atoms with Gasteiger partial charge in [0.1, 0.15) is 11.2 Å². The molecule has 0 unspecified atom stereocenters. The van der Waals surface area contributed by atoms with Crippen LogP contribution in [0.25, 0.3) is 127 Å². The van der Waals surface area contributed by atoms with Crippen molar-refractivity contribution in [3.63, 3.8) is 0 Å². The van der Waals surface area contributed by atoms with E-state index < -0.39 is 30.2 Å². The number of hydrogen-bond donors (Lipinski definition) is 0. The Morgan fingerprint density at radius 2 is 0.887 bits per heavy atom. The summed E-state index contributed by atoms with van der Waals surface area (Å²) in [5.74, 6) is 0.419. The van der Waals surface area contributed by atoms with E-state index in [1.54, 1.807) is 0 Å². The van der Waals surface area contributed by atoms with Crippen molar-refractivity contribution < 1.29 is 11.3 Å². The molecule has 5 nitrogen and oxygen atoms in total. The first kappa shape index (κ1) is 29.7. The lowest BCUT2D eigenvalue weighted by atomic mass is 9.93. The van der Waals surface area contributed by atoms with Crippen molar-refractivity contribution in [2.24, 2.45) is 0 Å². The Kier molecular flexibility index (Phi) is 6.51. The standard InChI is InChI=1S/C57H34N4O/c1-3-16-35(17-4-1)39-26-15-27-47-49-33-38(61-51-28-13-11-24-45(51)46-25-12-14-29-52(46)61)34-50(54(49)62-53(39)47)57-59-55(36-18-5-2-6-19-36)58-56(60-57)37-30-31-44-42-22-8-7-20-40(42)41-21-9-10-23-43(41)48(44)32-37/h1-34H/i2D,5D,6D,18D,19D. The molecular weight excluding hydrogens is 757 g/mol. The van der Waals surface area contributed by atoms with E-state index in [0.29, 0.717) is 22.3 Å². The molecule has 0 atom stereocenters. The average Bonchev–Trinajstić information content (AvgIpc) is 3.93. The van der Waals surface area contributed by atoms with E-state index in [9.17, 15) is 0 Å². The smallest absolute Gasteiger partial charge is 0.167 e. The van der Waals surface area contributed by atoms with Gasteiger partial charge >= 0.3 is 0 Å². The monoisotopic (exact) mass is 795 g/mol. The highest BCUT2D eigenvalue weighted by Gasteiger charge is 2.23. The Bertz CT molecular complexity index is 4120. The van der Waals surface area contributed by atoms with E-state index in [1.807, 2.05) is 78.9 Å². The molecule has 0 saturated carbocycles. The minimum absolute atomic E-state index is 0.0584. The Morgan fingerprint density at radius 3 is 1.56 bits per heavy atom. The maximum atomic E-state index is 9.09. The minimum atomic E-state index is -0.501. The highest BCUT2D eigenvalue weighted by atomic mass is 16.3. The molecule has 0 N–H and O–H groups in total. The highest BCUT2D eigenvalue weighted by Crippen LogP contribution is 2.43. The second kappa shape index (κ2) is 13.6. The van der Waals surface area contributed by atoms with Crippen molar-refractivity contribution in [1.82, 2.24) is 19.5 Å². The largest absolute Gasteiger partial charge is 0.455 e. The van der Waals surface area contributed by atoms with E-state index in [2.05, 4.69) is 102 Å². The Balaban J connectivity index is 1.15. The van der Waals surface area contributed by atoms with Gasteiger partial charge in [-0.25, -0.2) is 15.0 Å². The van der Waals surface area contributed by atoms with E-state index in [4.69, 9.17) is 26.2 Å². The zero-order chi connectivity index (χ0) is 45.1. The summed E-state index contributed by atoms with van der Waals surface area (Å²) in [4.78, 5) is 15.3. The second-order valence-corrected chi connectivity index (χ2v) is 15.5. The van der Waals surface area contributed by atoms with Gasteiger partial charge in [-0.2, -0.15) is 0 Å². The highest BCUT2D eigenvalue weighted by molar-refractivity contribution is 6.25. The zero-order valence-corrected chi connectivity index (χ0v) is 32.9. The summed E-state index contributed by atoms with van der Waals surface area (Å²) in [6.07, 6.45) is 0. The van der Waals surface area contributed by atoms with Crippen LogP contribution in [0.2, 0.25) is 0 Å². The Morgan fingerprint density at radius 1 is 0.355 bits per heavy atom. The molecule has 0 amide bonds. The van der Waals surface area contributed by atoms with Crippen LogP contribution >= 0.6 is 0 Å². The summed E-state index contributed by atoms with van der Waals surface area (Å²) in [5, 5.41) is 10.4. The van der Waals surface area contributed by atoms with Crippen LogP contribution < -0.4 is 0 Å². The molecule has 0 bridgehead atoms.